The first-order valence-electron chi connectivity index (χ1n) is 8.08. The summed E-state index contributed by atoms with van der Waals surface area (Å²) < 4.78 is 13.0. The lowest BCUT2D eigenvalue weighted by atomic mass is 9.90. The largest absolute Gasteiger partial charge is 0.481 e. The number of halogens is 1. The molecule has 3 rings (SSSR count). The fourth-order valence-corrected chi connectivity index (χ4v) is 2.73. The van der Waals surface area contributed by atoms with E-state index in [2.05, 4.69) is 10.5 Å². The van der Waals surface area contributed by atoms with Gasteiger partial charge in [-0.15, -0.1) is 0 Å². The molecule has 0 aliphatic carbocycles. The Morgan fingerprint density at radius 3 is 2.43 bits per heavy atom. The van der Waals surface area contributed by atoms with Crippen LogP contribution in [0.25, 0.3) is 0 Å². The Labute approximate surface area is 157 Å². The van der Waals surface area contributed by atoms with Crippen molar-refractivity contribution in [3.8, 4) is 0 Å². The van der Waals surface area contributed by atoms with Crippen molar-refractivity contribution >= 4 is 29.0 Å². The number of amides is 1. The van der Waals surface area contributed by atoms with Crippen molar-refractivity contribution < 1.29 is 28.8 Å². The molecule has 1 heterocycles. The zero-order chi connectivity index (χ0) is 20.3. The van der Waals surface area contributed by atoms with Crippen LogP contribution in [0.1, 0.15) is 18.4 Å². The van der Waals surface area contributed by atoms with Crippen molar-refractivity contribution in [2.45, 2.75) is 18.4 Å². The van der Waals surface area contributed by atoms with Gasteiger partial charge in [0.2, 0.25) is 5.60 Å². The van der Waals surface area contributed by atoms with Crippen molar-refractivity contribution in [3.05, 3.63) is 70.0 Å². The maximum atomic E-state index is 13.0. The number of carboxylic acids is 1. The quantitative estimate of drug-likeness (QED) is 0.579. The van der Waals surface area contributed by atoms with E-state index in [1.165, 1.54) is 36.4 Å². The van der Waals surface area contributed by atoms with Gasteiger partial charge in [-0.2, -0.15) is 0 Å². The van der Waals surface area contributed by atoms with Crippen LogP contribution >= 0.6 is 0 Å². The van der Waals surface area contributed by atoms with Gasteiger partial charge < -0.3 is 15.3 Å². The molecule has 2 aromatic carbocycles. The molecule has 28 heavy (non-hydrogen) atoms. The van der Waals surface area contributed by atoms with Gasteiger partial charge in [0.05, 0.1) is 17.1 Å². The van der Waals surface area contributed by atoms with Crippen LogP contribution < -0.4 is 5.32 Å². The van der Waals surface area contributed by atoms with Gasteiger partial charge in [-0.3, -0.25) is 19.7 Å². The van der Waals surface area contributed by atoms with Gasteiger partial charge in [-0.1, -0.05) is 5.16 Å². The van der Waals surface area contributed by atoms with E-state index < -0.39 is 34.6 Å². The van der Waals surface area contributed by atoms with Gasteiger partial charge in [0.15, 0.2) is 0 Å². The Balaban J connectivity index is 1.81. The van der Waals surface area contributed by atoms with Gasteiger partial charge in [-0.05, 0) is 42.0 Å². The van der Waals surface area contributed by atoms with Crippen LogP contribution in [0, 0.1) is 15.9 Å². The fourth-order valence-electron chi connectivity index (χ4n) is 2.73. The second-order valence-corrected chi connectivity index (χ2v) is 6.14. The predicted octanol–water partition coefficient (Wildman–Crippen LogP) is 2.71. The first-order valence-corrected chi connectivity index (χ1v) is 8.08. The summed E-state index contributed by atoms with van der Waals surface area (Å²) in [6, 6.07) is 10.4. The van der Waals surface area contributed by atoms with E-state index in [9.17, 15) is 29.2 Å². The van der Waals surface area contributed by atoms with Crippen molar-refractivity contribution in [3.63, 3.8) is 0 Å². The molecule has 2 aromatic rings. The number of nitro groups is 1. The van der Waals surface area contributed by atoms with E-state index in [1.807, 2.05) is 0 Å². The number of nitro benzene ring substituents is 1. The first-order chi connectivity index (χ1) is 13.3. The van der Waals surface area contributed by atoms with Crippen LogP contribution in [-0.4, -0.2) is 33.2 Å². The molecule has 0 saturated carbocycles. The lowest BCUT2D eigenvalue weighted by molar-refractivity contribution is -0.384. The SMILES string of the molecule is O=C(O)C[C@@]1(C(=O)Nc2ccc(F)cc2)CC(c2ccc([N+](=O)[O-])cc2)=NO1. The average molecular weight is 387 g/mol. The summed E-state index contributed by atoms with van der Waals surface area (Å²) in [4.78, 5) is 39.4. The summed E-state index contributed by atoms with van der Waals surface area (Å²) in [5.74, 6) is -2.50. The number of nitrogens with one attached hydrogen (secondary N) is 1. The Kier molecular flexibility index (Phi) is 5.03. The number of hydrogen-bond donors (Lipinski definition) is 2. The highest BCUT2D eigenvalue weighted by atomic mass is 19.1. The summed E-state index contributed by atoms with van der Waals surface area (Å²) in [5.41, 5.74) is -0.896. The number of oxime groups is 1. The fraction of sp³-hybridized carbons (Fsp3) is 0.167. The number of carbonyl (C=O) groups is 2. The Bertz CT molecular complexity index is 958. The van der Waals surface area contributed by atoms with Crippen molar-refractivity contribution in [2.24, 2.45) is 5.16 Å². The molecule has 0 unspecified atom stereocenters. The van der Waals surface area contributed by atoms with Crippen LogP contribution in [0.15, 0.2) is 53.7 Å². The molecule has 2 N–H and O–H groups in total. The Morgan fingerprint density at radius 1 is 1.21 bits per heavy atom. The first kappa shape index (κ1) is 19.0. The maximum Gasteiger partial charge on any atom is 0.308 e. The van der Waals surface area contributed by atoms with Crippen LogP contribution in [0.3, 0.4) is 0 Å². The number of hydrogen-bond acceptors (Lipinski definition) is 6. The lowest BCUT2D eigenvalue weighted by Crippen LogP contribution is -2.45. The molecule has 1 amide bonds. The molecule has 144 valence electrons. The van der Waals surface area contributed by atoms with Crippen LogP contribution in [0.5, 0.6) is 0 Å². The zero-order valence-electron chi connectivity index (χ0n) is 14.3. The number of rotatable bonds is 6. The van der Waals surface area contributed by atoms with E-state index in [4.69, 9.17) is 4.84 Å². The third kappa shape index (κ3) is 3.95. The molecule has 0 radical (unpaired) electrons. The number of aliphatic carboxylic acids is 1. The number of nitrogens with zero attached hydrogens (tertiary/aromatic N) is 2. The highest BCUT2D eigenvalue weighted by Crippen LogP contribution is 2.32. The monoisotopic (exact) mass is 387 g/mol. The summed E-state index contributed by atoms with van der Waals surface area (Å²) in [5, 5.41) is 26.3. The average Bonchev–Trinajstić information content (AvgIpc) is 3.08. The standard InChI is InChI=1S/C18H14FN3O6/c19-12-3-5-13(6-4-12)20-17(25)18(10-16(23)24)9-15(21-28-18)11-1-7-14(8-2-11)22(26)27/h1-8H,9-10H2,(H,20,25)(H,23,24)/t18-/m1/s1. The number of carboxylic acid groups (broad SMARTS) is 1. The topological polar surface area (TPSA) is 131 Å². The van der Waals surface area contributed by atoms with Gasteiger partial charge in [0.25, 0.3) is 11.6 Å². The molecule has 0 saturated heterocycles. The second-order valence-electron chi connectivity index (χ2n) is 6.14. The number of benzene rings is 2. The van der Waals surface area contributed by atoms with E-state index in [0.29, 0.717) is 5.56 Å². The highest BCUT2D eigenvalue weighted by Gasteiger charge is 2.48. The molecule has 1 atom stereocenters. The number of non-ortho nitro benzene ring substituents is 1. The molecule has 0 fully saturated rings. The third-order valence-electron chi connectivity index (χ3n) is 4.15. The van der Waals surface area contributed by atoms with Crippen LogP contribution in [0.4, 0.5) is 15.8 Å². The van der Waals surface area contributed by atoms with Crippen molar-refractivity contribution in [1.82, 2.24) is 0 Å². The highest BCUT2D eigenvalue weighted by molar-refractivity contribution is 6.09. The molecule has 9 nitrogen and oxygen atoms in total. The molecular formula is C18H14FN3O6. The minimum absolute atomic E-state index is 0.117. The molecule has 0 aromatic heterocycles. The van der Waals surface area contributed by atoms with Crippen LogP contribution in [-0.2, 0) is 14.4 Å². The second kappa shape index (κ2) is 7.43. The minimum Gasteiger partial charge on any atom is -0.481 e. The molecule has 10 heteroatoms. The number of anilines is 1. The smallest absolute Gasteiger partial charge is 0.308 e. The Morgan fingerprint density at radius 2 is 1.86 bits per heavy atom. The van der Waals surface area contributed by atoms with E-state index in [-0.39, 0.29) is 23.5 Å². The summed E-state index contributed by atoms with van der Waals surface area (Å²) in [6.07, 6.45) is -0.801. The van der Waals surface area contributed by atoms with Gasteiger partial charge in [0, 0.05) is 24.2 Å². The van der Waals surface area contributed by atoms with Crippen LogP contribution in [0.2, 0.25) is 0 Å². The third-order valence-corrected chi connectivity index (χ3v) is 4.15. The lowest BCUT2D eigenvalue weighted by Gasteiger charge is -2.23. The normalized spacial score (nSPS) is 18.1. The van der Waals surface area contributed by atoms with E-state index >= 15 is 0 Å². The van der Waals surface area contributed by atoms with Gasteiger partial charge in [0.1, 0.15) is 5.82 Å². The van der Waals surface area contributed by atoms with E-state index in [0.717, 1.165) is 12.1 Å². The molecule has 1 aliphatic rings. The maximum absolute atomic E-state index is 13.0. The molecule has 0 bridgehead atoms. The molecule has 0 spiro atoms. The van der Waals surface area contributed by atoms with Crippen molar-refractivity contribution in [1.29, 1.82) is 0 Å². The predicted molar refractivity (Wildman–Crippen MR) is 95.3 cm³/mol. The van der Waals surface area contributed by atoms with Gasteiger partial charge in [-0.25, -0.2) is 4.39 Å². The minimum atomic E-state index is -1.79. The number of carbonyl (C=O) groups excluding carboxylic acids is 1. The summed E-state index contributed by atoms with van der Waals surface area (Å²) in [7, 11) is 0. The van der Waals surface area contributed by atoms with Crippen molar-refractivity contribution in [2.75, 3.05) is 5.32 Å². The molecular weight excluding hydrogens is 373 g/mol. The zero-order valence-corrected chi connectivity index (χ0v) is 14.3. The van der Waals surface area contributed by atoms with Gasteiger partial charge >= 0.3 is 5.97 Å². The molecule has 1 aliphatic heterocycles. The Hall–Kier alpha value is -3.82. The summed E-state index contributed by atoms with van der Waals surface area (Å²) >= 11 is 0. The summed E-state index contributed by atoms with van der Waals surface area (Å²) in [6.45, 7) is 0. The van der Waals surface area contributed by atoms with E-state index in [1.54, 1.807) is 0 Å².